The van der Waals surface area contributed by atoms with Crippen LogP contribution in [0.5, 0.6) is 17.2 Å². The van der Waals surface area contributed by atoms with E-state index in [1.54, 1.807) is 61.7 Å². The van der Waals surface area contributed by atoms with Crippen molar-refractivity contribution in [2.45, 2.75) is 13.5 Å². The fourth-order valence-electron chi connectivity index (χ4n) is 3.59. The molecule has 1 aliphatic heterocycles. The number of methoxy groups -OCH3 is 2. The van der Waals surface area contributed by atoms with Crippen molar-refractivity contribution in [1.29, 1.82) is 0 Å². The van der Waals surface area contributed by atoms with E-state index in [0.717, 1.165) is 4.90 Å². The lowest BCUT2D eigenvalue weighted by Crippen LogP contribution is -2.31. The van der Waals surface area contributed by atoms with Crippen molar-refractivity contribution in [2.75, 3.05) is 26.1 Å². The normalized spacial score (nSPS) is 13.5. The summed E-state index contributed by atoms with van der Waals surface area (Å²) >= 11 is 0. The highest BCUT2D eigenvalue weighted by Crippen LogP contribution is 2.36. The summed E-state index contributed by atoms with van der Waals surface area (Å²) in [4.78, 5) is 28.0. The Morgan fingerprint density at radius 1 is 0.939 bits per heavy atom. The smallest absolute Gasteiger partial charge is 0.278 e. The van der Waals surface area contributed by atoms with E-state index < -0.39 is 11.8 Å². The maximum absolute atomic E-state index is 13.4. The van der Waals surface area contributed by atoms with Crippen LogP contribution < -0.4 is 19.5 Å². The summed E-state index contributed by atoms with van der Waals surface area (Å²) in [6, 6.07) is 15.6. The average Bonchev–Trinajstić information content (AvgIpc) is 3.43. The van der Waals surface area contributed by atoms with Crippen molar-refractivity contribution < 1.29 is 28.2 Å². The fraction of sp³-hybridized carbons (Fsp3) is 0.200. The van der Waals surface area contributed by atoms with Gasteiger partial charge in [-0.1, -0.05) is 12.1 Å². The minimum absolute atomic E-state index is 0.0195. The molecule has 3 aromatic rings. The molecule has 8 nitrogen and oxygen atoms in total. The maximum Gasteiger partial charge on any atom is 0.278 e. The molecule has 170 valence electrons. The summed E-state index contributed by atoms with van der Waals surface area (Å²) in [5.41, 5.74) is 1.47. The molecule has 0 bridgehead atoms. The summed E-state index contributed by atoms with van der Waals surface area (Å²) < 4.78 is 21.6. The van der Waals surface area contributed by atoms with Crippen molar-refractivity contribution >= 4 is 23.1 Å². The number of hydrogen-bond donors (Lipinski definition) is 1. The van der Waals surface area contributed by atoms with Gasteiger partial charge in [0, 0.05) is 6.07 Å². The Labute approximate surface area is 191 Å². The van der Waals surface area contributed by atoms with Crippen molar-refractivity contribution in [3.63, 3.8) is 0 Å². The first kappa shape index (κ1) is 22.0. The highest BCUT2D eigenvalue weighted by atomic mass is 16.5. The van der Waals surface area contributed by atoms with Gasteiger partial charge >= 0.3 is 0 Å². The van der Waals surface area contributed by atoms with Gasteiger partial charge in [-0.3, -0.25) is 14.5 Å². The lowest BCUT2D eigenvalue weighted by Gasteiger charge is -2.15. The number of carbonyl (C=O) groups is 2. The predicted molar refractivity (Wildman–Crippen MR) is 122 cm³/mol. The molecule has 1 N–H and O–H groups in total. The Hall–Kier alpha value is -4.20. The monoisotopic (exact) mass is 448 g/mol. The SMILES string of the molecule is CCOc1ccc(C2=C(Nc3cc(OC)ccc3OC)C(=O)N(Cc3ccco3)C2=O)cc1. The Bertz CT molecular complexity index is 1180. The standard InChI is InChI=1S/C25H24N2O6/c1-4-32-17-9-7-16(8-10-17)22-23(26-20-14-18(30-2)11-12-21(20)31-3)25(29)27(24(22)28)15-19-6-5-13-33-19/h5-14,26H,4,15H2,1-3H3. The fourth-order valence-corrected chi connectivity index (χ4v) is 3.59. The topological polar surface area (TPSA) is 90.2 Å². The number of anilines is 1. The number of ether oxygens (including phenoxy) is 3. The van der Waals surface area contributed by atoms with Crippen LogP contribution in [-0.4, -0.2) is 37.5 Å². The Kier molecular flexibility index (Phi) is 6.35. The molecule has 2 amide bonds. The van der Waals surface area contributed by atoms with Gasteiger partial charge in [0.1, 0.15) is 28.7 Å². The van der Waals surface area contributed by atoms with Gasteiger partial charge in [-0.15, -0.1) is 0 Å². The lowest BCUT2D eigenvalue weighted by atomic mass is 10.0. The van der Waals surface area contributed by atoms with E-state index in [2.05, 4.69) is 5.32 Å². The van der Waals surface area contributed by atoms with Crippen LogP contribution in [0.2, 0.25) is 0 Å². The summed E-state index contributed by atoms with van der Waals surface area (Å²) in [7, 11) is 3.07. The summed E-state index contributed by atoms with van der Waals surface area (Å²) in [6.45, 7) is 2.44. The first-order chi connectivity index (χ1) is 16.0. The zero-order valence-electron chi connectivity index (χ0n) is 18.6. The number of nitrogens with one attached hydrogen (secondary N) is 1. The van der Waals surface area contributed by atoms with Crippen LogP contribution in [0.4, 0.5) is 5.69 Å². The van der Waals surface area contributed by atoms with Crippen LogP contribution >= 0.6 is 0 Å². The number of hydrogen-bond acceptors (Lipinski definition) is 7. The molecule has 4 rings (SSSR count). The van der Waals surface area contributed by atoms with Gasteiger partial charge in [0.25, 0.3) is 11.8 Å². The van der Waals surface area contributed by atoms with Crippen LogP contribution in [0.3, 0.4) is 0 Å². The molecule has 1 aromatic heterocycles. The average molecular weight is 448 g/mol. The van der Waals surface area contributed by atoms with Crippen molar-refractivity contribution in [2.24, 2.45) is 0 Å². The molecule has 0 saturated heterocycles. The van der Waals surface area contributed by atoms with Gasteiger partial charge < -0.3 is 23.9 Å². The molecule has 0 spiro atoms. The van der Waals surface area contributed by atoms with Crippen LogP contribution in [0.25, 0.3) is 5.57 Å². The highest BCUT2D eigenvalue weighted by molar-refractivity contribution is 6.36. The van der Waals surface area contributed by atoms with Gasteiger partial charge in [0.05, 0.1) is 44.9 Å². The summed E-state index contributed by atoms with van der Waals surface area (Å²) in [6.07, 6.45) is 1.50. The molecule has 8 heteroatoms. The van der Waals surface area contributed by atoms with Crippen LogP contribution in [0.15, 0.2) is 71.0 Å². The lowest BCUT2D eigenvalue weighted by molar-refractivity contribution is -0.137. The zero-order chi connectivity index (χ0) is 23.4. The highest BCUT2D eigenvalue weighted by Gasteiger charge is 2.40. The van der Waals surface area contributed by atoms with Gasteiger partial charge in [-0.05, 0) is 48.9 Å². The summed E-state index contributed by atoms with van der Waals surface area (Å²) in [5.74, 6) is 1.36. The second-order valence-corrected chi connectivity index (χ2v) is 7.17. The molecule has 2 aromatic carbocycles. The summed E-state index contributed by atoms with van der Waals surface area (Å²) in [5, 5.41) is 3.11. The zero-order valence-corrected chi connectivity index (χ0v) is 18.6. The predicted octanol–water partition coefficient (Wildman–Crippen LogP) is 4.09. The number of nitrogens with zero attached hydrogens (tertiary/aromatic N) is 1. The van der Waals surface area contributed by atoms with Crippen LogP contribution in [0, 0.1) is 0 Å². The molecule has 0 aliphatic carbocycles. The number of amides is 2. The molecule has 0 unspecified atom stereocenters. The number of furan rings is 1. The Balaban J connectivity index is 1.77. The largest absolute Gasteiger partial charge is 0.497 e. The van der Waals surface area contributed by atoms with Gasteiger partial charge in [-0.2, -0.15) is 0 Å². The molecule has 33 heavy (non-hydrogen) atoms. The molecule has 0 fully saturated rings. The van der Waals surface area contributed by atoms with E-state index in [4.69, 9.17) is 18.6 Å². The number of benzene rings is 2. The van der Waals surface area contributed by atoms with Crippen LogP contribution in [-0.2, 0) is 16.1 Å². The third kappa shape index (κ3) is 4.41. The van der Waals surface area contributed by atoms with E-state index in [1.165, 1.54) is 13.4 Å². The quantitative estimate of drug-likeness (QED) is 0.493. The number of carbonyl (C=O) groups excluding carboxylic acids is 2. The minimum atomic E-state index is -0.467. The molecule has 0 saturated carbocycles. The minimum Gasteiger partial charge on any atom is -0.497 e. The first-order valence-corrected chi connectivity index (χ1v) is 10.4. The third-order valence-corrected chi connectivity index (χ3v) is 5.18. The van der Waals surface area contributed by atoms with E-state index >= 15 is 0 Å². The molecule has 2 heterocycles. The van der Waals surface area contributed by atoms with E-state index in [1.807, 2.05) is 6.92 Å². The first-order valence-electron chi connectivity index (χ1n) is 10.4. The van der Waals surface area contributed by atoms with Gasteiger partial charge in [0.2, 0.25) is 0 Å². The van der Waals surface area contributed by atoms with Crippen molar-refractivity contribution in [3.05, 3.63) is 77.9 Å². The van der Waals surface area contributed by atoms with Crippen molar-refractivity contribution in [1.82, 2.24) is 4.90 Å². The third-order valence-electron chi connectivity index (χ3n) is 5.18. The Morgan fingerprint density at radius 2 is 1.70 bits per heavy atom. The number of rotatable bonds is 9. The molecular weight excluding hydrogens is 424 g/mol. The molecular formula is C25H24N2O6. The molecule has 0 radical (unpaired) electrons. The van der Waals surface area contributed by atoms with Crippen LogP contribution in [0.1, 0.15) is 18.2 Å². The molecule has 0 atom stereocenters. The second-order valence-electron chi connectivity index (χ2n) is 7.17. The molecule has 1 aliphatic rings. The Morgan fingerprint density at radius 3 is 2.33 bits per heavy atom. The van der Waals surface area contributed by atoms with Gasteiger partial charge in [-0.25, -0.2) is 0 Å². The van der Waals surface area contributed by atoms with E-state index in [9.17, 15) is 9.59 Å². The van der Waals surface area contributed by atoms with E-state index in [-0.39, 0.29) is 17.8 Å². The van der Waals surface area contributed by atoms with E-state index in [0.29, 0.717) is 40.9 Å². The maximum atomic E-state index is 13.4. The van der Waals surface area contributed by atoms with Gasteiger partial charge in [0.15, 0.2) is 0 Å². The van der Waals surface area contributed by atoms with Crippen molar-refractivity contribution in [3.8, 4) is 17.2 Å². The number of imide groups is 1. The second kappa shape index (κ2) is 9.52.